The van der Waals surface area contributed by atoms with Crippen LogP contribution >= 0.6 is 0 Å². The molecule has 0 fully saturated rings. The van der Waals surface area contributed by atoms with E-state index >= 15 is 0 Å². The molecule has 3 N–H and O–H groups in total. The summed E-state index contributed by atoms with van der Waals surface area (Å²) in [5, 5.41) is 1.13. The molecule has 1 aromatic heterocycles. The Morgan fingerprint density at radius 1 is 1.35 bits per heavy atom. The molecule has 0 aliphatic carbocycles. The van der Waals surface area contributed by atoms with Crippen LogP contribution in [-0.2, 0) is 11.3 Å². The summed E-state index contributed by atoms with van der Waals surface area (Å²) in [5.41, 5.74) is 4.75. The molecule has 0 radical (unpaired) electrons. The number of hydrogen-bond acceptors (Lipinski definition) is 5. The highest BCUT2D eigenvalue weighted by Gasteiger charge is 2.08. The van der Waals surface area contributed by atoms with Crippen molar-refractivity contribution >= 4 is 16.7 Å². The highest BCUT2D eigenvalue weighted by Crippen LogP contribution is 2.20. The minimum Gasteiger partial charge on any atom is -0.385 e. The van der Waals surface area contributed by atoms with Crippen molar-refractivity contribution in [2.24, 2.45) is 5.84 Å². The molecule has 108 valence electrons. The number of hydrogen-bond donors (Lipinski definition) is 2. The van der Waals surface area contributed by atoms with E-state index in [1.807, 2.05) is 18.2 Å². The van der Waals surface area contributed by atoms with Gasteiger partial charge in [-0.25, -0.2) is 10.8 Å². The summed E-state index contributed by atoms with van der Waals surface area (Å²) in [5.74, 6) is 6.33. The number of methoxy groups -OCH3 is 1. The Bertz CT molecular complexity index is 559. The van der Waals surface area contributed by atoms with Crippen LogP contribution in [0.25, 0.3) is 10.9 Å². The lowest BCUT2D eigenvalue weighted by Gasteiger charge is -2.18. The molecule has 0 saturated heterocycles. The van der Waals surface area contributed by atoms with Crippen molar-refractivity contribution in [2.45, 2.75) is 13.0 Å². The standard InChI is InChI=1S/C15H22N4O/c1-19(8-5-9-20-2)11-13-10-12-6-3-4-7-14(12)17-15(13)18-16/h3-4,6-7,10H,5,8-9,11,16H2,1-2H3,(H,17,18). The van der Waals surface area contributed by atoms with Gasteiger partial charge in [0.05, 0.1) is 5.52 Å². The number of anilines is 1. The second-order valence-electron chi connectivity index (χ2n) is 4.92. The van der Waals surface area contributed by atoms with Gasteiger partial charge in [-0.3, -0.25) is 0 Å². The molecular weight excluding hydrogens is 252 g/mol. The molecule has 0 aliphatic heterocycles. The van der Waals surface area contributed by atoms with Gasteiger partial charge in [0, 0.05) is 37.8 Å². The quantitative estimate of drug-likeness (QED) is 0.459. The molecule has 1 heterocycles. The number of nitrogens with one attached hydrogen (secondary N) is 1. The number of fused-ring (bicyclic) bond motifs is 1. The Morgan fingerprint density at radius 2 is 2.15 bits per heavy atom. The predicted molar refractivity (Wildman–Crippen MR) is 82.4 cm³/mol. The van der Waals surface area contributed by atoms with Gasteiger partial charge >= 0.3 is 0 Å². The van der Waals surface area contributed by atoms with Crippen LogP contribution < -0.4 is 11.3 Å². The van der Waals surface area contributed by atoms with Gasteiger partial charge in [-0.15, -0.1) is 0 Å². The zero-order chi connectivity index (χ0) is 14.4. The molecular formula is C15H22N4O. The zero-order valence-corrected chi connectivity index (χ0v) is 12.1. The predicted octanol–water partition coefficient (Wildman–Crippen LogP) is 1.99. The number of para-hydroxylation sites is 1. The van der Waals surface area contributed by atoms with Crippen LogP contribution in [0.4, 0.5) is 5.82 Å². The SMILES string of the molecule is COCCCN(C)Cc1cc2ccccc2nc1NN. The van der Waals surface area contributed by atoms with Crippen LogP contribution in [0.15, 0.2) is 30.3 Å². The number of benzene rings is 1. The van der Waals surface area contributed by atoms with Crippen molar-refractivity contribution in [1.29, 1.82) is 0 Å². The van der Waals surface area contributed by atoms with Crippen LogP contribution in [-0.4, -0.2) is 37.2 Å². The van der Waals surface area contributed by atoms with Crippen LogP contribution in [0.1, 0.15) is 12.0 Å². The van der Waals surface area contributed by atoms with Gasteiger partial charge in [-0.1, -0.05) is 18.2 Å². The van der Waals surface area contributed by atoms with Gasteiger partial charge in [0.15, 0.2) is 0 Å². The van der Waals surface area contributed by atoms with Gasteiger partial charge in [-0.05, 0) is 25.6 Å². The molecule has 20 heavy (non-hydrogen) atoms. The average molecular weight is 274 g/mol. The van der Waals surface area contributed by atoms with E-state index in [0.717, 1.165) is 48.4 Å². The highest BCUT2D eigenvalue weighted by molar-refractivity contribution is 5.81. The molecule has 0 aliphatic rings. The third-order valence-corrected chi connectivity index (χ3v) is 3.27. The second kappa shape index (κ2) is 7.19. The summed E-state index contributed by atoms with van der Waals surface area (Å²) in [4.78, 5) is 6.80. The fourth-order valence-electron chi connectivity index (χ4n) is 2.25. The Morgan fingerprint density at radius 3 is 2.90 bits per heavy atom. The lowest BCUT2D eigenvalue weighted by atomic mass is 10.1. The van der Waals surface area contributed by atoms with Gasteiger partial charge < -0.3 is 15.1 Å². The van der Waals surface area contributed by atoms with Gasteiger partial charge in [-0.2, -0.15) is 0 Å². The first kappa shape index (κ1) is 14.7. The van der Waals surface area contributed by atoms with E-state index in [2.05, 4.69) is 34.5 Å². The summed E-state index contributed by atoms with van der Waals surface area (Å²) >= 11 is 0. The monoisotopic (exact) mass is 274 g/mol. The molecule has 5 heteroatoms. The molecule has 0 atom stereocenters. The van der Waals surface area contributed by atoms with E-state index in [9.17, 15) is 0 Å². The maximum Gasteiger partial charge on any atom is 0.145 e. The van der Waals surface area contributed by atoms with E-state index in [4.69, 9.17) is 10.6 Å². The normalized spacial score (nSPS) is 11.2. The van der Waals surface area contributed by atoms with E-state index in [1.54, 1.807) is 7.11 Å². The zero-order valence-electron chi connectivity index (χ0n) is 12.1. The van der Waals surface area contributed by atoms with Gasteiger partial charge in [0.2, 0.25) is 0 Å². The molecule has 0 spiro atoms. The van der Waals surface area contributed by atoms with Gasteiger partial charge in [0.1, 0.15) is 5.82 Å². The first-order chi connectivity index (χ1) is 9.74. The maximum absolute atomic E-state index is 5.59. The summed E-state index contributed by atoms with van der Waals surface area (Å²) in [6.07, 6.45) is 1.01. The molecule has 2 rings (SSSR count). The molecule has 0 bridgehead atoms. The van der Waals surface area contributed by atoms with Crippen molar-refractivity contribution in [3.05, 3.63) is 35.9 Å². The third kappa shape index (κ3) is 3.66. The number of hydrazine groups is 1. The van der Waals surface area contributed by atoms with Crippen LogP contribution in [0.5, 0.6) is 0 Å². The summed E-state index contributed by atoms with van der Waals surface area (Å²) in [6, 6.07) is 10.2. The Labute approximate surface area is 119 Å². The second-order valence-corrected chi connectivity index (χ2v) is 4.92. The number of nitrogen functional groups attached to an aromatic ring is 1. The summed E-state index contributed by atoms with van der Waals surface area (Å²) in [7, 11) is 3.81. The largest absolute Gasteiger partial charge is 0.385 e. The molecule has 1 aromatic carbocycles. The van der Waals surface area contributed by atoms with Crippen molar-refractivity contribution in [2.75, 3.05) is 32.7 Å². The van der Waals surface area contributed by atoms with Gasteiger partial charge in [0.25, 0.3) is 0 Å². The van der Waals surface area contributed by atoms with Crippen molar-refractivity contribution in [1.82, 2.24) is 9.88 Å². The Hall–Kier alpha value is -1.69. The number of nitrogens with two attached hydrogens (primary N) is 1. The molecule has 0 unspecified atom stereocenters. The molecule has 5 nitrogen and oxygen atoms in total. The summed E-state index contributed by atoms with van der Waals surface area (Å²) in [6.45, 7) is 2.56. The van der Waals surface area contributed by atoms with Crippen LogP contribution in [0, 0.1) is 0 Å². The van der Waals surface area contributed by atoms with Crippen LogP contribution in [0.2, 0.25) is 0 Å². The van der Waals surface area contributed by atoms with Crippen molar-refractivity contribution < 1.29 is 4.74 Å². The fraction of sp³-hybridized carbons (Fsp3) is 0.400. The number of pyridine rings is 1. The first-order valence-electron chi connectivity index (χ1n) is 6.77. The first-order valence-corrected chi connectivity index (χ1v) is 6.77. The number of rotatable bonds is 7. The maximum atomic E-state index is 5.59. The highest BCUT2D eigenvalue weighted by atomic mass is 16.5. The van der Waals surface area contributed by atoms with E-state index in [0.29, 0.717) is 0 Å². The fourth-order valence-corrected chi connectivity index (χ4v) is 2.25. The minimum absolute atomic E-state index is 0.738. The van der Waals surface area contributed by atoms with E-state index < -0.39 is 0 Å². The van der Waals surface area contributed by atoms with Crippen LogP contribution in [0.3, 0.4) is 0 Å². The minimum atomic E-state index is 0.738. The Balaban J connectivity index is 2.15. The van der Waals surface area contributed by atoms with E-state index in [1.165, 1.54) is 0 Å². The Kier molecular flexibility index (Phi) is 5.29. The molecule has 2 aromatic rings. The van der Waals surface area contributed by atoms with Crippen molar-refractivity contribution in [3.63, 3.8) is 0 Å². The third-order valence-electron chi connectivity index (χ3n) is 3.27. The topological polar surface area (TPSA) is 63.4 Å². The molecule has 0 amide bonds. The number of aromatic nitrogens is 1. The van der Waals surface area contributed by atoms with E-state index in [-0.39, 0.29) is 0 Å². The summed E-state index contributed by atoms with van der Waals surface area (Å²) < 4.78 is 5.07. The lowest BCUT2D eigenvalue weighted by Crippen LogP contribution is -2.22. The van der Waals surface area contributed by atoms with Crippen molar-refractivity contribution in [3.8, 4) is 0 Å². The number of ether oxygens (including phenoxy) is 1. The number of nitrogens with zero attached hydrogens (tertiary/aromatic N) is 2. The lowest BCUT2D eigenvalue weighted by molar-refractivity contribution is 0.178. The molecule has 0 saturated carbocycles. The average Bonchev–Trinajstić information content (AvgIpc) is 2.46. The smallest absolute Gasteiger partial charge is 0.145 e.